The second-order valence-electron chi connectivity index (χ2n) is 6.04. The Hall–Kier alpha value is -2.04. The zero-order valence-corrected chi connectivity index (χ0v) is 12.6. The SMILES string of the molecule is CC(C)Oc1cccc(C(=O)N2CCC(C)(C(=O)O)C2)c1. The van der Waals surface area contributed by atoms with Crippen LogP contribution in [0.5, 0.6) is 5.75 Å². The van der Waals surface area contributed by atoms with Gasteiger partial charge in [-0.15, -0.1) is 0 Å². The topological polar surface area (TPSA) is 66.8 Å². The molecule has 1 fully saturated rings. The Morgan fingerprint density at radius 1 is 1.38 bits per heavy atom. The summed E-state index contributed by atoms with van der Waals surface area (Å²) in [5, 5.41) is 9.23. The van der Waals surface area contributed by atoms with Crippen molar-refractivity contribution in [2.45, 2.75) is 33.3 Å². The fourth-order valence-corrected chi connectivity index (χ4v) is 2.47. The first-order valence-corrected chi connectivity index (χ1v) is 7.11. The summed E-state index contributed by atoms with van der Waals surface area (Å²) in [4.78, 5) is 25.3. The van der Waals surface area contributed by atoms with Gasteiger partial charge in [0.2, 0.25) is 0 Å². The molecule has 0 radical (unpaired) electrons. The second-order valence-corrected chi connectivity index (χ2v) is 6.04. The Bertz CT molecular complexity index is 555. The monoisotopic (exact) mass is 291 g/mol. The van der Waals surface area contributed by atoms with Gasteiger partial charge >= 0.3 is 5.97 Å². The molecule has 1 aliphatic rings. The number of carbonyl (C=O) groups is 2. The molecule has 5 heteroatoms. The van der Waals surface area contributed by atoms with Crippen LogP contribution in [-0.2, 0) is 4.79 Å². The van der Waals surface area contributed by atoms with Gasteiger partial charge in [0.1, 0.15) is 5.75 Å². The number of amides is 1. The van der Waals surface area contributed by atoms with Gasteiger partial charge in [0.25, 0.3) is 5.91 Å². The fraction of sp³-hybridized carbons (Fsp3) is 0.500. The number of carbonyl (C=O) groups excluding carboxylic acids is 1. The van der Waals surface area contributed by atoms with Crippen LogP contribution in [0.2, 0.25) is 0 Å². The van der Waals surface area contributed by atoms with E-state index >= 15 is 0 Å². The van der Waals surface area contributed by atoms with Crippen molar-refractivity contribution in [2.75, 3.05) is 13.1 Å². The number of benzene rings is 1. The van der Waals surface area contributed by atoms with Crippen molar-refractivity contribution in [1.82, 2.24) is 4.90 Å². The van der Waals surface area contributed by atoms with Crippen LogP contribution in [0, 0.1) is 5.41 Å². The highest BCUT2D eigenvalue weighted by atomic mass is 16.5. The molecule has 114 valence electrons. The van der Waals surface area contributed by atoms with E-state index in [9.17, 15) is 14.7 Å². The molecule has 0 spiro atoms. The van der Waals surface area contributed by atoms with Gasteiger partial charge in [-0.3, -0.25) is 9.59 Å². The second kappa shape index (κ2) is 5.76. The normalized spacial score (nSPS) is 21.6. The molecule has 21 heavy (non-hydrogen) atoms. The summed E-state index contributed by atoms with van der Waals surface area (Å²) in [6.45, 7) is 6.24. The minimum atomic E-state index is -0.852. The van der Waals surface area contributed by atoms with E-state index in [1.165, 1.54) is 0 Å². The van der Waals surface area contributed by atoms with E-state index in [0.717, 1.165) is 0 Å². The van der Waals surface area contributed by atoms with Crippen LogP contribution < -0.4 is 4.74 Å². The molecule has 1 aromatic carbocycles. The summed E-state index contributed by atoms with van der Waals surface area (Å²) in [7, 11) is 0. The molecule has 1 unspecified atom stereocenters. The Labute approximate surface area is 124 Å². The van der Waals surface area contributed by atoms with Crippen LogP contribution in [0.15, 0.2) is 24.3 Å². The number of aliphatic carboxylic acids is 1. The number of hydrogen-bond acceptors (Lipinski definition) is 3. The molecule has 1 saturated heterocycles. The van der Waals surface area contributed by atoms with Crippen LogP contribution in [0.4, 0.5) is 0 Å². The Balaban J connectivity index is 2.13. The van der Waals surface area contributed by atoms with E-state index in [-0.39, 0.29) is 18.6 Å². The van der Waals surface area contributed by atoms with E-state index in [4.69, 9.17) is 4.74 Å². The van der Waals surface area contributed by atoms with Gasteiger partial charge < -0.3 is 14.7 Å². The third-order valence-electron chi connectivity index (χ3n) is 3.73. The van der Waals surface area contributed by atoms with E-state index < -0.39 is 11.4 Å². The average Bonchev–Trinajstić information content (AvgIpc) is 2.81. The molecule has 1 amide bonds. The lowest BCUT2D eigenvalue weighted by Gasteiger charge is -2.20. The molecular formula is C16H21NO4. The van der Waals surface area contributed by atoms with Gasteiger partial charge in [-0.2, -0.15) is 0 Å². The van der Waals surface area contributed by atoms with Crippen molar-refractivity contribution in [2.24, 2.45) is 5.41 Å². The van der Waals surface area contributed by atoms with Crippen molar-refractivity contribution < 1.29 is 19.4 Å². The third-order valence-corrected chi connectivity index (χ3v) is 3.73. The highest BCUT2D eigenvalue weighted by Gasteiger charge is 2.42. The Kier molecular flexibility index (Phi) is 4.21. The van der Waals surface area contributed by atoms with Gasteiger partial charge in [0.05, 0.1) is 11.5 Å². The van der Waals surface area contributed by atoms with Gasteiger partial charge in [-0.05, 0) is 45.4 Å². The molecule has 1 aliphatic heterocycles. The molecule has 1 aromatic rings. The number of carboxylic acids is 1. The Morgan fingerprint density at radius 3 is 2.67 bits per heavy atom. The maximum absolute atomic E-state index is 12.5. The van der Waals surface area contributed by atoms with E-state index in [0.29, 0.717) is 24.3 Å². The summed E-state index contributed by atoms with van der Waals surface area (Å²) in [6, 6.07) is 7.02. The largest absolute Gasteiger partial charge is 0.491 e. The number of likely N-dealkylation sites (tertiary alicyclic amines) is 1. The van der Waals surface area contributed by atoms with Gasteiger partial charge in [-0.25, -0.2) is 0 Å². The zero-order valence-electron chi connectivity index (χ0n) is 12.6. The Morgan fingerprint density at radius 2 is 2.10 bits per heavy atom. The summed E-state index contributed by atoms with van der Waals surface area (Å²) >= 11 is 0. The zero-order chi connectivity index (χ0) is 15.6. The number of rotatable bonds is 4. The third kappa shape index (κ3) is 3.35. The minimum absolute atomic E-state index is 0.0393. The smallest absolute Gasteiger partial charge is 0.311 e. The lowest BCUT2D eigenvalue weighted by atomic mass is 9.90. The lowest BCUT2D eigenvalue weighted by molar-refractivity contribution is -0.147. The first-order chi connectivity index (χ1) is 9.82. The molecule has 0 bridgehead atoms. The van der Waals surface area contributed by atoms with E-state index in [1.54, 1.807) is 30.0 Å². The van der Waals surface area contributed by atoms with Gasteiger partial charge in [0.15, 0.2) is 0 Å². The molecule has 0 aliphatic carbocycles. The lowest BCUT2D eigenvalue weighted by Crippen LogP contribution is -2.34. The quantitative estimate of drug-likeness (QED) is 0.925. The van der Waals surface area contributed by atoms with Crippen molar-refractivity contribution in [3.63, 3.8) is 0 Å². The number of nitrogens with zero attached hydrogens (tertiary/aromatic N) is 1. The molecule has 0 aromatic heterocycles. The molecule has 0 saturated carbocycles. The standard InChI is InChI=1S/C16H21NO4/c1-11(2)21-13-6-4-5-12(9-13)14(18)17-8-7-16(3,10-17)15(19)20/h4-6,9,11H,7-8,10H2,1-3H3,(H,19,20). The van der Waals surface area contributed by atoms with Crippen molar-refractivity contribution in [3.8, 4) is 5.75 Å². The maximum atomic E-state index is 12.5. The van der Waals surface area contributed by atoms with Crippen LogP contribution in [0.25, 0.3) is 0 Å². The van der Waals surface area contributed by atoms with Gasteiger partial charge in [-0.1, -0.05) is 6.07 Å². The summed E-state index contributed by atoms with van der Waals surface area (Å²) in [6.07, 6.45) is 0.522. The highest BCUT2D eigenvalue weighted by Crippen LogP contribution is 2.31. The van der Waals surface area contributed by atoms with E-state index in [2.05, 4.69) is 0 Å². The molecule has 1 heterocycles. The number of hydrogen-bond donors (Lipinski definition) is 1. The highest BCUT2D eigenvalue weighted by molar-refractivity contribution is 5.95. The molecular weight excluding hydrogens is 270 g/mol. The first-order valence-electron chi connectivity index (χ1n) is 7.11. The van der Waals surface area contributed by atoms with Gasteiger partial charge in [0, 0.05) is 18.7 Å². The van der Waals surface area contributed by atoms with Crippen LogP contribution in [0.3, 0.4) is 0 Å². The van der Waals surface area contributed by atoms with Crippen molar-refractivity contribution >= 4 is 11.9 Å². The summed E-state index contributed by atoms with van der Waals surface area (Å²) in [5.74, 6) is -0.347. The summed E-state index contributed by atoms with van der Waals surface area (Å²) < 4.78 is 5.58. The molecule has 1 N–H and O–H groups in total. The fourth-order valence-electron chi connectivity index (χ4n) is 2.47. The summed E-state index contributed by atoms with van der Waals surface area (Å²) in [5.41, 5.74) is -0.315. The van der Waals surface area contributed by atoms with Crippen LogP contribution in [0.1, 0.15) is 37.6 Å². The van der Waals surface area contributed by atoms with Crippen LogP contribution >= 0.6 is 0 Å². The molecule has 5 nitrogen and oxygen atoms in total. The van der Waals surface area contributed by atoms with Crippen molar-refractivity contribution in [1.29, 1.82) is 0 Å². The molecule has 1 atom stereocenters. The predicted molar refractivity (Wildman–Crippen MR) is 78.5 cm³/mol. The van der Waals surface area contributed by atoms with E-state index in [1.807, 2.05) is 19.9 Å². The van der Waals surface area contributed by atoms with Crippen LogP contribution in [-0.4, -0.2) is 41.1 Å². The minimum Gasteiger partial charge on any atom is -0.491 e. The number of carboxylic acid groups (broad SMARTS) is 1. The first kappa shape index (κ1) is 15.4. The maximum Gasteiger partial charge on any atom is 0.311 e. The predicted octanol–water partition coefficient (Wildman–Crippen LogP) is 2.41. The number of ether oxygens (including phenoxy) is 1. The molecule has 2 rings (SSSR count). The average molecular weight is 291 g/mol. The van der Waals surface area contributed by atoms with Crippen molar-refractivity contribution in [3.05, 3.63) is 29.8 Å².